The molecule has 0 radical (unpaired) electrons. The monoisotopic (exact) mass is 454 g/mol. The van der Waals surface area contributed by atoms with E-state index in [9.17, 15) is 19.2 Å². The lowest BCUT2D eigenvalue weighted by Gasteiger charge is -2.24. The van der Waals surface area contributed by atoms with Crippen LogP contribution in [0.5, 0.6) is 0 Å². The lowest BCUT2D eigenvalue weighted by molar-refractivity contribution is -0.141. The van der Waals surface area contributed by atoms with Gasteiger partial charge in [-0.05, 0) is 24.0 Å². The van der Waals surface area contributed by atoms with Gasteiger partial charge in [-0.1, -0.05) is 44.2 Å². The maximum atomic E-state index is 13.1. The van der Waals surface area contributed by atoms with Crippen molar-refractivity contribution in [1.82, 2.24) is 20.4 Å². The van der Waals surface area contributed by atoms with Crippen LogP contribution < -0.4 is 10.6 Å². The Morgan fingerprint density at radius 2 is 1.97 bits per heavy atom. The van der Waals surface area contributed by atoms with E-state index in [1.807, 2.05) is 36.4 Å². The minimum atomic E-state index is -0.834. The molecule has 3 rings (SSSR count). The largest absolute Gasteiger partial charge is 0.445 e. The molecular formula is C24H30N4O5. The highest BCUT2D eigenvalue weighted by Gasteiger charge is 2.32. The van der Waals surface area contributed by atoms with Crippen molar-refractivity contribution < 1.29 is 23.9 Å². The van der Waals surface area contributed by atoms with Crippen molar-refractivity contribution >= 4 is 23.6 Å². The molecule has 0 fully saturated rings. The van der Waals surface area contributed by atoms with Crippen molar-refractivity contribution in [3.63, 3.8) is 0 Å². The highest BCUT2D eigenvalue weighted by molar-refractivity contribution is 6.37. The summed E-state index contributed by atoms with van der Waals surface area (Å²) >= 11 is 0. The summed E-state index contributed by atoms with van der Waals surface area (Å²) in [5, 5.41) is 9.52. The van der Waals surface area contributed by atoms with E-state index >= 15 is 0 Å². The summed E-state index contributed by atoms with van der Waals surface area (Å²) in [6.45, 7) is 4.44. The molecular weight excluding hydrogens is 424 g/mol. The number of benzene rings is 1. The molecule has 1 aliphatic rings. The van der Waals surface area contributed by atoms with Gasteiger partial charge in [-0.3, -0.25) is 19.1 Å². The van der Waals surface area contributed by atoms with Crippen molar-refractivity contribution in [3.05, 3.63) is 53.9 Å². The quantitative estimate of drug-likeness (QED) is 0.618. The topological polar surface area (TPSA) is 119 Å². The Balaban J connectivity index is 1.64. The number of hydrogen-bond acceptors (Lipinski definition) is 6. The molecule has 0 bridgehead atoms. The highest BCUT2D eigenvalue weighted by Crippen LogP contribution is 2.18. The SMILES string of the molecule is CC(C)C(NC(=O)OCc1ccccc1)C(=O)CC1CCn2nccc2CCNC(=O)C1=O. The number of rotatable bonds is 7. The molecule has 176 valence electrons. The number of aryl methyl sites for hydroxylation is 1. The summed E-state index contributed by atoms with van der Waals surface area (Å²) in [5.74, 6) is -2.63. The van der Waals surface area contributed by atoms with Crippen LogP contribution in [-0.2, 0) is 38.7 Å². The molecule has 9 nitrogen and oxygen atoms in total. The van der Waals surface area contributed by atoms with Crippen LogP contribution >= 0.6 is 0 Å². The third kappa shape index (κ3) is 6.74. The molecule has 2 amide bonds. The first-order valence-electron chi connectivity index (χ1n) is 11.2. The average molecular weight is 455 g/mol. The molecule has 0 aliphatic carbocycles. The number of hydrogen-bond donors (Lipinski definition) is 2. The van der Waals surface area contributed by atoms with Gasteiger partial charge in [0.2, 0.25) is 5.78 Å². The number of aromatic nitrogens is 2. The smallest absolute Gasteiger partial charge is 0.408 e. The first kappa shape index (κ1) is 24.2. The van der Waals surface area contributed by atoms with E-state index in [1.165, 1.54) is 0 Å². The Hall–Kier alpha value is -3.49. The lowest BCUT2D eigenvalue weighted by Crippen LogP contribution is -2.46. The zero-order valence-corrected chi connectivity index (χ0v) is 19.0. The summed E-state index contributed by atoms with van der Waals surface area (Å²) in [6.07, 6.45) is 1.70. The lowest BCUT2D eigenvalue weighted by atomic mass is 9.88. The zero-order valence-electron chi connectivity index (χ0n) is 19.0. The van der Waals surface area contributed by atoms with E-state index in [1.54, 1.807) is 24.7 Å². The van der Waals surface area contributed by atoms with Crippen molar-refractivity contribution in [1.29, 1.82) is 0 Å². The zero-order chi connectivity index (χ0) is 23.8. The van der Waals surface area contributed by atoms with Crippen LogP contribution in [0.25, 0.3) is 0 Å². The van der Waals surface area contributed by atoms with Crippen LogP contribution in [-0.4, -0.2) is 45.9 Å². The number of alkyl carbamates (subject to hydrolysis) is 1. The molecule has 2 atom stereocenters. The standard InChI is InChI=1S/C24H30N4O5/c1-16(2)21(27-24(32)33-15-17-6-4-3-5-7-17)20(29)14-18-10-13-28-19(9-12-26-28)8-11-25-23(31)22(18)30/h3-7,9,12,16,18,21H,8,10-11,13-15H2,1-2H3,(H,25,31)(H,27,32). The van der Waals surface area contributed by atoms with Gasteiger partial charge in [0.15, 0.2) is 5.78 Å². The summed E-state index contributed by atoms with van der Waals surface area (Å²) in [5.41, 5.74) is 1.79. The van der Waals surface area contributed by atoms with E-state index in [0.29, 0.717) is 25.9 Å². The van der Waals surface area contributed by atoms with Crippen molar-refractivity contribution in [2.75, 3.05) is 6.54 Å². The summed E-state index contributed by atoms with van der Waals surface area (Å²) in [4.78, 5) is 50.4. The minimum Gasteiger partial charge on any atom is -0.445 e. The summed E-state index contributed by atoms with van der Waals surface area (Å²) in [6, 6.07) is 10.3. The Morgan fingerprint density at radius 1 is 1.21 bits per heavy atom. The van der Waals surface area contributed by atoms with Crippen LogP contribution in [0.1, 0.15) is 37.9 Å². The highest BCUT2D eigenvalue weighted by atomic mass is 16.5. The predicted octanol–water partition coefficient (Wildman–Crippen LogP) is 2.04. The van der Waals surface area contributed by atoms with Gasteiger partial charge in [-0.2, -0.15) is 5.10 Å². The van der Waals surface area contributed by atoms with Crippen molar-refractivity contribution in [3.8, 4) is 0 Å². The molecule has 9 heteroatoms. The Bertz CT molecular complexity index is 986. The van der Waals surface area contributed by atoms with Crippen molar-refractivity contribution in [2.45, 2.75) is 52.3 Å². The second kappa shape index (κ2) is 11.4. The predicted molar refractivity (Wildman–Crippen MR) is 120 cm³/mol. The number of ether oxygens (including phenoxy) is 1. The fourth-order valence-corrected chi connectivity index (χ4v) is 3.83. The van der Waals surface area contributed by atoms with E-state index < -0.39 is 29.7 Å². The average Bonchev–Trinajstić information content (AvgIpc) is 3.25. The van der Waals surface area contributed by atoms with Gasteiger partial charge in [-0.25, -0.2) is 4.79 Å². The number of carbonyl (C=O) groups excluding carboxylic acids is 4. The third-order valence-corrected chi connectivity index (χ3v) is 5.70. The number of ketones is 2. The Kier molecular flexibility index (Phi) is 8.34. The molecule has 0 saturated carbocycles. The molecule has 1 aromatic heterocycles. The molecule has 2 N–H and O–H groups in total. The normalized spacial score (nSPS) is 17.6. The first-order chi connectivity index (χ1) is 15.8. The molecule has 1 aliphatic heterocycles. The fraction of sp³-hybridized carbons (Fsp3) is 0.458. The minimum absolute atomic E-state index is 0.0825. The van der Waals surface area contributed by atoms with Crippen LogP contribution in [0.4, 0.5) is 4.79 Å². The van der Waals surface area contributed by atoms with Gasteiger partial charge >= 0.3 is 6.09 Å². The first-order valence-corrected chi connectivity index (χ1v) is 11.2. The Labute approximate surface area is 192 Å². The van der Waals surface area contributed by atoms with Gasteiger partial charge in [0.05, 0.1) is 6.04 Å². The number of amides is 2. The van der Waals surface area contributed by atoms with E-state index in [4.69, 9.17) is 4.74 Å². The molecule has 0 spiro atoms. The maximum Gasteiger partial charge on any atom is 0.408 e. The maximum absolute atomic E-state index is 13.1. The van der Waals surface area contributed by atoms with E-state index in [2.05, 4.69) is 15.7 Å². The molecule has 2 heterocycles. The number of Topliss-reactive ketones (excluding diaryl/α,β-unsaturated/α-hetero) is 2. The number of carbonyl (C=O) groups is 4. The van der Waals surface area contributed by atoms with E-state index in [-0.39, 0.29) is 24.7 Å². The third-order valence-electron chi connectivity index (χ3n) is 5.70. The van der Waals surface area contributed by atoms with Gasteiger partial charge in [0.1, 0.15) is 6.61 Å². The van der Waals surface area contributed by atoms with Crippen LogP contribution in [0.3, 0.4) is 0 Å². The molecule has 2 unspecified atom stereocenters. The van der Waals surface area contributed by atoms with Crippen LogP contribution in [0, 0.1) is 11.8 Å². The summed E-state index contributed by atoms with van der Waals surface area (Å²) in [7, 11) is 0. The van der Waals surface area contributed by atoms with Gasteiger partial charge in [0.25, 0.3) is 5.91 Å². The second-order valence-corrected chi connectivity index (χ2v) is 8.50. The second-order valence-electron chi connectivity index (χ2n) is 8.50. The molecule has 0 saturated heterocycles. The summed E-state index contributed by atoms with van der Waals surface area (Å²) < 4.78 is 7.03. The molecule has 1 aromatic carbocycles. The molecule has 33 heavy (non-hydrogen) atoms. The van der Waals surface area contributed by atoms with Crippen LogP contribution in [0.15, 0.2) is 42.6 Å². The number of nitrogens with zero attached hydrogens (tertiary/aromatic N) is 2. The van der Waals surface area contributed by atoms with Gasteiger partial charge in [0, 0.05) is 43.7 Å². The van der Waals surface area contributed by atoms with Crippen LogP contribution in [0.2, 0.25) is 0 Å². The van der Waals surface area contributed by atoms with E-state index in [0.717, 1.165) is 11.3 Å². The number of nitrogens with one attached hydrogen (secondary N) is 2. The van der Waals surface area contributed by atoms with Gasteiger partial charge in [-0.15, -0.1) is 0 Å². The number of fused-ring (bicyclic) bond motifs is 1. The van der Waals surface area contributed by atoms with Crippen molar-refractivity contribution in [2.24, 2.45) is 11.8 Å². The fourth-order valence-electron chi connectivity index (χ4n) is 3.83. The Morgan fingerprint density at radius 3 is 2.70 bits per heavy atom. The molecule has 2 aromatic rings. The van der Waals surface area contributed by atoms with Gasteiger partial charge < -0.3 is 15.4 Å².